The van der Waals surface area contributed by atoms with E-state index in [0.717, 1.165) is 11.9 Å². The van der Waals surface area contributed by atoms with Crippen molar-refractivity contribution in [1.29, 1.82) is 0 Å². The zero-order chi connectivity index (χ0) is 15.8. The van der Waals surface area contributed by atoms with Crippen molar-refractivity contribution in [2.75, 3.05) is 31.2 Å². The lowest BCUT2D eigenvalue weighted by Crippen LogP contribution is -2.36. The summed E-state index contributed by atoms with van der Waals surface area (Å²) in [4.78, 5) is 25.1. The first-order chi connectivity index (χ1) is 11.2. The van der Waals surface area contributed by atoms with Crippen LogP contribution in [0.5, 0.6) is 0 Å². The van der Waals surface area contributed by atoms with Crippen molar-refractivity contribution in [2.24, 2.45) is 0 Å². The largest absolute Gasteiger partial charge is 0.378 e. The van der Waals surface area contributed by atoms with Crippen molar-refractivity contribution in [1.82, 2.24) is 24.6 Å². The van der Waals surface area contributed by atoms with E-state index in [0.29, 0.717) is 37.5 Å². The van der Waals surface area contributed by atoms with Crippen molar-refractivity contribution in [2.45, 2.75) is 0 Å². The highest BCUT2D eigenvalue weighted by Gasteiger charge is 2.18. The van der Waals surface area contributed by atoms with E-state index in [9.17, 15) is 9.18 Å². The van der Waals surface area contributed by atoms with Gasteiger partial charge in [-0.15, -0.1) is 0 Å². The summed E-state index contributed by atoms with van der Waals surface area (Å²) in [5, 5.41) is 4.08. The number of H-pyrrole nitrogens is 1. The number of anilines is 1. The lowest BCUT2D eigenvalue weighted by Gasteiger charge is -2.27. The number of morpholine rings is 1. The Morgan fingerprint density at radius 2 is 2.04 bits per heavy atom. The number of hydrogen-bond donors (Lipinski definition) is 1. The molecular formula is C14H13FN6O2. The fraction of sp³-hybridized carbons (Fsp3) is 0.286. The Labute approximate surface area is 129 Å². The van der Waals surface area contributed by atoms with Gasteiger partial charge in [0.1, 0.15) is 17.3 Å². The molecule has 8 nitrogen and oxygen atoms in total. The van der Waals surface area contributed by atoms with E-state index in [1.807, 2.05) is 0 Å². The number of rotatable bonds is 2. The first-order valence-corrected chi connectivity index (χ1v) is 7.14. The number of hydrogen-bond acceptors (Lipinski definition) is 6. The van der Waals surface area contributed by atoms with Gasteiger partial charge in [0.25, 0.3) is 0 Å². The van der Waals surface area contributed by atoms with Crippen LogP contribution in [0.3, 0.4) is 0 Å². The first kappa shape index (κ1) is 13.8. The third-order valence-corrected chi connectivity index (χ3v) is 3.69. The number of aromatic nitrogens is 5. The topological polar surface area (TPSA) is 88.4 Å². The van der Waals surface area contributed by atoms with Crippen LogP contribution in [0.15, 0.2) is 29.5 Å². The summed E-state index contributed by atoms with van der Waals surface area (Å²) >= 11 is 0. The first-order valence-electron chi connectivity index (χ1n) is 7.14. The Morgan fingerprint density at radius 3 is 2.83 bits per heavy atom. The Hall–Kier alpha value is -2.81. The van der Waals surface area contributed by atoms with Crippen LogP contribution in [-0.2, 0) is 4.74 Å². The highest BCUT2D eigenvalue weighted by molar-refractivity contribution is 5.70. The summed E-state index contributed by atoms with van der Waals surface area (Å²) in [7, 11) is 0. The maximum atomic E-state index is 13.4. The van der Waals surface area contributed by atoms with Gasteiger partial charge in [-0.2, -0.15) is 9.61 Å². The molecule has 1 N–H and O–H groups in total. The zero-order valence-corrected chi connectivity index (χ0v) is 12.1. The number of aromatic amines is 1. The summed E-state index contributed by atoms with van der Waals surface area (Å²) in [6.45, 7) is 2.63. The molecule has 0 aromatic carbocycles. The maximum absolute atomic E-state index is 13.4. The molecule has 4 heterocycles. The van der Waals surface area contributed by atoms with Gasteiger partial charge in [-0.25, -0.2) is 14.2 Å². The SMILES string of the molecule is O=c1[nH]c(-c2cncc(F)c2)nc2c(N3CCOCC3)cnn12. The van der Waals surface area contributed by atoms with Crippen LogP contribution < -0.4 is 10.6 Å². The molecule has 9 heteroatoms. The average Bonchev–Trinajstić information content (AvgIpc) is 3.00. The summed E-state index contributed by atoms with van der Waals surface area (Å²) < 4.78 is 19.9. The van der Waals surface area contributed by atoms with Crippen molar-refractivity contribution < 1.29 is 9.13 Å². The smallest absolute Gasteiger partial charge is 0.349 e. The van der Waals surface area contributed by atoms with Gasteiger partial charge < -0.3 is 9.64 Å². The summed E-state index contributed by atoms with van der Waals surface area (Å²) in [5.41, 5.74) is 1.15. The lowest BCUT2D eigenvalue weighted by molar-refractivity contribution is 0.123. The summed E-state index contributed by atoms with van der Waals surface area (Å²) in [6.07, 6.45) is 4.15. The second-order valence-corrected chi connectivity index (χ2v) is 5.15. The Morgan fingerprint density at radius 1 is 1.22 bits per heavy atom. The molecule has 0 bridgehead atoms. The van der Waals surface area contributed by atoms with Crippen molar-refractivity contribution in [3.05, 3.63) is 41.0 Å². The predicted molar refractivity (Wildman–Crippen MR) is 79.8 cm³/mol. The van der Waals surface area contributed by atoms with E-state index in [2.05, 4.69) is 25.0 Å². The highest BCUT2D eigenvalue weighted by Crippen LogP contribution is 2.22. The number of fused-ring (bicyclic) bond motifs is 1. The third kappa shape index (κ3) is 2.44. The van der Waals surface area contributed by atoms with Crippen LogP contribution in [0.4, 0.5) is 10.1 Å². The monoisotopic (exact) mass is 316 g/mol. The van der Waals surface area contributed by atoms with E-state index in [1.54, 1.807) is 6.20 Å². The molecule has 118 valence electrons. The molecule has 0 atom stereocenters. The number of halogens is 1. The van der Waals surface area contributed by atoms with Gasteiger partial charge in [0, 0.05) is 24.8 Å². The Kier molecular flexibility index (Phi) is 3.27. The predicted octanol–water partition coefficient (Wildman–Crippen LogP) is 0.455. The molecule has 1 aliphatic rings. The van der Waals surface area contributed by atoms with Crippen molar-refractivity contribution in [3.8, 4) is 11.4 Å². The molecule has 0 unspecified atom stereocenters. The fourth-order valence-electron chi connectivity index (χ4n) is 2.58. The highest BCUT2D eigenvalue weighted by atomic mass is 19.1. The zero-order valence-electron chi connectivity index (χ0n) is 12.1. The van der Waals surface area contributed by atoms with Gasteiger partial charge in [0.05, 0.1) is 25.6 Å². The van der Waals surface area contributed by atoms with E-state index >= 15 is 0 Å². The number of nitrogens with zero attached hydrogens (tertiary/aromatic N) is 5. The fourth-order valence-corrected chi connectivity index (χ4v) is 2.58. The second kappa shape index (κ2) is 5.43. The van der Waals surface area contributed by atoms with Crippen LogP contribution in [-0.4, -0.2) is 50.9 Å². The average molecular weight is 316 g/mol. The van der Waals surface area contributed by atoms with E-state index in [-0.39, 0.29) is 5.82 Å². The molecule has 3 aromatic heterocycles. The minimum Gasteiger partial charge on any atom is -0.378 e. The minimum atomic E-state index is -0.494. The van der Waals surface area contributed by atoms with Crippen molar-refractivity contribution in [3.63, 3.8) is 0 Å². The molecule has 1 aliphatic heterocycles. The van der Waals surface area contributed by atoms with E-state index < -0.39 is 11.5 Å². The van der Waals surface area contributed by atoms with Gasteiger partial charge in [0.2, 0.25) is 0 Å². The molecular weight excluding hydrogens is 303 g/mol. The molecule has 0 aliphatic carbocycles. The van der Waals surface area contributed by atoms with Gasteiger partial charge in [-0.1, -0.05) is 0 Å². The standard InChI is InChI=1S/C14H13FN6O2/c15-10-5-9(6-16-7-10)12-18-13-11(20-1-3-23-4-2-20)8-17-21(13)14(22)19-12/h5-8H,1-4H2,(H,18,19,22). The van der Waals surface area contributed by atoms with Crippen LogP contribution in [0.2, 0.25) is 0 Å². The van der Waals surface area contributed by atoms with Gasteiger partial charge >= 0.3 is 5.69 Å². The number of pyridine rings is 1. The number of ether oxygens (including phenoxy) is 1. The minimum absolute atomic E-state index is 0.254. The molecule has 3 aromatic rings. The Bertz CT molecular complexity index is 915. The molecule has 0 amide bonds. The summed E-state index contributed by atoms with van der Waals surface area (Å²) in [5.74, 6) is -0.239. The Balaban J connectivity index is 1.86. The molecule has 0 spiro atoms. The molecule has 1 fully saturated rings. The van der Waals surface area contributed by atoms with Gasteiger partial charge in [0.15, 0.2) is 5.65 Å². The quantitative estimate of drug-likeness (QED) is 0.739. The van der Waals surface area contributed by atoms with Gasteiger partial charge in [-0.3, -0.25) is 9.97 Å². The maximum Gasteiger partial charge on any atom is 0.349 e. The van der Waals surface area contributed by atoms with Crippen LogP contribution >= 0.6 is 0 Å². The molecule has 4 rings (SSSR count). The molecule has 0 saturated carbocycles. The molecule has 0 radical (unpaired) electrons. The van der Waals surface area contributed by atoms with Gasteiger partial charge in [-0.05, 0) is 6.07 Å². The second-order valence-electron chi connectivity index (χ2n) is 5.15. The van der Waals surface area contributed by atoms with E-state index in [4.69, 9.17) is 4.74 Å². The lowest BCUT2D eigenvalue weighted by atomic mass is 10.2. The van der Waals surface area contributed by atoms with Crippen LogP contribution in [0.25, 0.3) is 17.0 Å². The normalized spacial score (nSPS) is 15.3. The van der Waals surface area contributed by atoms with E-state index in [1.165, 1.54) is 16.8 Å². The summed E-state index contributed by atoms with van der Waals surface area (Å²) in [6, 6.07) is 1.27. The third-order valence-electron chi connectivity index (χ3n) is 3.69. The number of nitrogens with one attached hydrogen (secondary N) is 1. The van der Waals surface area contributed by atoms with Crippen LogP contribution in [0.1, 0.15) is 0 Å². The molecule has 23 heavy (non-hydrogen) atoms. The van der Waals surface area contributed by atoms with Crippen LogP contribution in [0, 0.1) is 5.82 Å². The van der Waals surface area contributed by atoms with Crippen molar-refractivity contribution >= 4 is 11.3 Å². The molecule has 1 saturated heterocycles.